The van der Waals surface area contributed by atoms with Gasteiger partial charge in [0.2, 0.25) is 0 Å². The van der Waals surface area contributed by atoms with Crippen LogP contribution >= 0.6 is 0 Å². The number of hydrogen-bond acceptors (Lipinski definition) is 2. The van der Waals surface area contributed by atoms with Crippen LogP contribution in [0.4, 0.5) is 0 Å². The molecule has 0 aromatic heterocycles. The lowest BCUT2D eigenvalue weighted by Crippen LogP contribution is -2.25. The molecule has 2 heteroatoms. The van der Waals surface area contributed by atoms with Crippen LogP contribution in [-0.2, 0) is 10.4 Å². The molecule has 0 saturated carbocycles. The molecule has 0 aliphatic carbocycles. The van der Waals surface area contributed by atoms with E-state index in [0.29, 0.717) is 0 Å². The predicted molar refractivity (Wildman–Crippen MR) is 49.5 cm³/mol. The lowest BCUT2D eigenvalue weighted by atomic mass is 9.97. The van der Waals surface area contributed by atoms with E-state index in [1.165, 1.54) is 5.56 Å². The normalized spacial score (nSPS) is 11.7. The van der Waals surface area contributed by atoms with E-state index in [-0.39, 0.29) is 0 Å². The van der Waals surface area contributed by atoms with Crippen LogP contribution in [0, 0.1) is 6.92 Å². The van der Waals surface area contributed by atoms with Gasteiger partial charge in [-0.1, -0.05) is 29.8 Å². The van der Waals surface area contributed by atoms with Gasteiger partial charge in [0.05, 0.1) is 0 Å². The summed E-state index contributed by atoms with van der Waals surface area (Å²) in [5, 5.41) is 0. The van der Waals surface area contributed by atoms with E-state index < -0.39 is 5.60 Å². The molecule has 0 radical (unpaired) electrons. The van der Waals surface area contributed by atoms with Gasteiger partial charge in [0, 0.05) is 0 Å². The minimum absolute atomic E-state index is 0.395. The fourth-order valence-electron chi connectivity index (χ4n) is 1.02. The second-order valence-electron chi connectivity index (χ2n) is 3.49. The molecule has 12 heavy (non-hydrogen) atoms. The Morgan fingerprint density at radius 3 is 2.08 bits per heavy atom. The Balaban J connectivity index is 2.96. The van der Waals surface area contributed by atoms with Crippen LogP contribution in [0.2, 0.25) is 0 Å². The van der Waals surface area contributed by atoms with E-state index in [0.717, 1.165) is 5.56 Å². The maximum Gasteiger partial charge on any atom is 0.109 e. The Morgan fingerprint density at radius 1 is 1.17 bits per heavy atom. The smallest absolute Gasteiger partial charge is 0.109 e. The van der Waals surface area contributed by atoms with Crippen molar-refractivity contribution >= 4 is 0 Å². The Morgan fingerprint density at radius 2 is 1.67 bits per heavy atom. The zero-order valence-corrected chi connectivity index (χ0v) is 7.79. The second kappa shape index (κ2) is 3.25. The van der Waals surface area contributed by atoms with Gasteiger partial charge in [-0.05, 0) is 26.3 Å². The summed E-state index contributed by atoms with van der Waals surface area (Å²) in [5.41, 5.74) is 1.94. The summed E-state index contributed by atoms with van der Waals surface area (Å²) in [6.45, 7) is 5.94. The van der Waals surface area contributed by atoms with Crippen molar-refractivity contribution in [2.24, 2.45) is 5.90 Å². The minimum atomic E-state index is -0.395. The molecule has 0 spiro atoms. The number of rotatable bonds is 2. The molecule has 0 aliphatic rings. The summed E-state index contributed by atoms with van der Waals surface area (Å²) >= 11 is 0. The van der Waals surface area contributed by atoms with Crippen LogP contribution < -0.4 is 5.90 Å². The molecule has 0 atom stereocenters. The van der Waals surface area contributed by atoms with Crippen molar-refractivity contribution in [1.82, 2.24) is 0 Å². The first-order valence-electron chi connectivity index (χ1n) is 4.01. The Labute approximate surface area is 73.3 Å². The van der Waals surface area contributed by atoms with Gasteiger partial charge in [-0.2, -0.15) is 0 Å². The highest BCUT2D eigenvalue weighted by Crippen LogP contribution is 2.22. The molecule has 2 nitrogen and oxygen atoms in total. The zero-order valence-electron chi connectivity index (χ0n) is 7.79. The fourth-order valence-corrected chi connectivity index (χ4v) is 1.02. The van der Waals surface area contributed by atoms with Gasteiger partial charge < -0.3 is 0 Å². The van der Waals surface area contributed by atoms with Gasteiger partial charge in [0.1, 0.15) is 5.60 Å². The van der Waals surface area contributed by atoms with Gasteiger partial charge in [0.25, 0.3) is 0 Å². The topological polar surface area (TPSA) is 35.2 Å². The summed E-state index contributed by atoms with van der Waals surface area (Å²) in [4.78, 5) is 4.86. The van der Waals surface area contributed by atoms with Crippen molar-refractivity contribution in [1.29, 1.82) is 0 Å². The molecule has 0 fully saturated rings. The largest absolute Gasteiger partial charge is 0.294 e. The number of hydrogen-bond donors (Lipinski definition) is 1. The van der Waals surface area contributed by atoms with Crippen molar-refractivity contribution in [3.8, 4) is 0 Å². The molecule has 2 N–H and O–H groups in total. The highest BCUT2D eigenvalue weighted by atomic mass is 16.6. The number of benzene rings is 1. The van der Waals surface area contributed by atoms with Gasteiger partial charge >= 0.3 is 0 Å². The van der Waals surface area contributed by atoms with Crippen molar-refractivity contribution in [2.75, 3.05) is 0 Å². The average molecular weight is 165 g/mol. The number of aryl methyl sites for hydroxylation is 1. The molecule has 0 heterocycles. The summed E-state index contributed by atoms with van der Waals surface area (Å²) in [6.07, 6.45) is 0. The quantitative estimate of drug-likeness (QED) is 0.681. The van der Waals surface area contributed by atoms with E-state index in [1.54, 1.807) is 0 Å². The third kappa shape index (κ3) is 1.84. The van der Waals surface area contributed by atoms with Crippen molar-refractivity contribution in [3.63, 3.8) is 0 Å². The van der Waals surface area contributed by atoms with Crippen molar-refractivity contribution < 1.29 is 4.84 Å². The fraction of sp³-hybridized carbons (Fsp3) is 0.400. The molecule has 1 aromatic rings. The lowest BCUT2D eigenvalue weighted by molar-refractivity contribution is -0.0236. The molecule has 0 bridgehead atoms. The van der Waals surface area contributed by atoms with Crippen molar-refractivity contribution in [2.45, 2.75) is 26.4 Å². The van der Waals surface area contributed by atoms with Crippen LogP contribution in [0.1, 0.15) is 25.0 Å². The zero-order chi connectivity index (χ0) is 9.19. The SMILES string of the molecule is Cc1ccc(C(C)(C)ON)cc1. The third-order valence-electron chi connectivity index (χ3n) is 2.04. The maximum absolute atomic E-state index is 5.18. The molecule has 0 saturated heterocycles. The van der Waals surface area contributed by atoms with E-state index in [2.05, 4.69) is 19.1 Å². The molecular weight excluding hydrogens is 150 g/mol. The van der Waals surface area contributed by atoms with E-state index in [1.807, 2.05) is 26.0 Å². The van der Waals surface area contributed by atoms with E-state index >= 15 is 0 Å². The molecule has 66 valence electrons. The maximum atomic E-state index is 5.18. The predicted octanol–water partition coefficient (Wildman–Crippen LogP) is 2.12. The minimum Gasteiger partial charge on any atom is -0.294 e. The highest BCUT2D eigenvalue weighted by Gasteiger charge is 2.19. The third-order valence-corrected chi connectivity index (χ3v) is 2.04. The van der Waals surface area contributed by atoms with Crippen molar-refractivity contribution in [3.05, 3.63) is 35.4 Å². The van der Waals surface area contributed by atoms with Crippen LogP contribution in [-0.4, -0.2) is 0 Å². The standard InChI is InChI=1S/C10H15NO/c1-8-4-6-9(7-5-8)10(2,3)12-11/h4-7H,11H2,1-3H3. The molecule has 0 unspecified atom stereocenters. The summed E-state index contributed by atoms with van der Waals surface area (Å²) in [6, 6.07) is 8.16. The highest BCUT2D eigenvalue weighted by molar-refractivity contribution is 5.25. The molecular formula is C10H15NO. The monoisotopic (exact) mass is 165 g/mol. The van der Waals surface area contributed by atoms with Crippen LogP contribution in [0.15, 0.2) is 24.3 Å². The summed E-state index contributed by atoms with van der Waals surface area (Å²) in [5.74, 6) is 5.18. The first-order chi connectivity index (χ1) is 5.56. The van der Waals surface area contributed by atoms with Gasteiger partial charge in [-0.3, -0.25) is 4.84 Å². The molecule has 1 rings (SSSR count). The Hall–Kier alpha value is -0.860. The first kappa shape index (κ1) is 9.23. The second-order valence-corrected chi connectivity index (χ2v) is 3.49. The van der Waals surface area contributed by atoms with E-state index in [9.17, 15) is 0 Å². The molecule has 1 aromatic carbocycles. The Bertz CT molecular complexity index is 251. The number of nitrogens with two attached hydrogens (primary N) is 1. The first-order valence-corrected chi connectivity index (χ1v) is 4.01. The van der Waals surface area contributed by atoms with Crippen LogP contribution in [0.5, 0.6) is 0 Å². The summed E-state index contributed by atoms with van der Waals surface area (Å²) < 4.78 is 0. The summed E-state index contributed by atoms with van der Waals surface area (Å²) in [7, 11) is 0. The lowest BCUT2D eigenvalue weighted by Gasteiger charge is -2.22. The van der Waals surface area contributed by atoms with Gasteiger partial charge in [-0.25, -0.2) is 5.90 Å². The average Bonchev–Trinajstić information content (AvgIpc) is 2.05. The van der Waals surface area contributed by atoms with Gasteiger partial charge in [-0.15, -0.1) is 0 Å². The Kier molecular flexibility index (Phi) is 2.50. The van der Waals surface area contributed by atoms with Crippen LogP contribution in [0.3, 0.4) is 0 Å². The molecule has 0 amide bonds. The van der Waals surface area contributed by atoms with Gasteiger partial charge in [0.15, 0.2) is 0 Å². The van der Waals surface area contributed by atoms with Crippen LogP contribution in [0.25, 0.3) is 0 Å². The molecule has 0 aliphatic heterocycles. The van der Waals surface area contributed by atoms with E-state index in [4.69, 9.17) is 10.7 Å².